The Morgan fingerprint density at radius 1 is 1.42 bits per heavy atom. The predicted molar refractivity (Wildman–Crippen MR) is 77.8 cm³/mol. The van der Waals surface area contributed by atoms with Crippen molar-refractivity contribution in [3.63, 3.8) is 0 Å². The molecule has 0 atom stereocenters. The molecule has 1 aromatic carbocycles. The first-order chi connectivity index (χ1) is 9.20. The molecule has 0 amide bonds. The van der Waals surface area contributed by atoms with Gasteiger partial charge in [0, 0.05) is 24.8 Å². The molecule has 19 heavy (non-hydrogen) atoms. The van der Waals surface area contributed by atoms with Gasteiger partial charge in [-0.05, 0) is 32.1 Å². The largest absolute Gasteiger partial charge is 0.489 e. The van der Waals surface area contributed by atoms with Crippen molar-refractivity contribution in [1.29, 1.82) is 0 Å². The molecule has 0 aromatic heterocycles. The van der Waals surface area contributed by atoms with Crippen LogP contribution < -0.4 is 15.4 Å². The molecule has 0 unspecified atom stereocenters. The molecule has 0 radical (unpaired) electrons. The Hall–Kier alpha value is -1.46. The van der Waals surface area contributed by atoms with Crippen LogP contribution in [0.25, 0.3) is 0 Å². The summed E-state index contributed by atoms with van der Waals surface area (Å²) in [4.78, 5) is 4.48. The summed E-state index contributed by atoms with van der Waals surface area (Å²) < 4.78 is 5.64. The van der Waals surface area contributed by atoms with Crippen molar-refractivity contribution in [2.75, 3.05) is 57.1 Å². The Morgan fingerprint density at radius 2 is 2.26 bits per heavy atom. The molecule has 106 valence electrons. The molecule has 0 bridgehead atoms. The molecular formula is C14H23N3O2. The summed E-state index contributed by atoms with van der Waals surface area (Å²) in [5.74, 6) is 0.884. The maximum absolute atomic E-state index is 8.86. The summed E-state index contributed by atoms with van der Waals surface area (Å²) in [5.41, 5.74) is 7.64. The van der Waals surface area contributed by atoms with Crippen molar-refractivity contribution in [1.82, 2.24) is 4.90 Å². The lowest BCUT2D eigenvalue weighted by molar-refractivity contribution is 0.220. The maximum Gasteiger partial charge on any atom is 0.144 e. The lowest BCUT2D eigenvalue weighted by Gasteiger charge is -2.31. The molecule has 1 aliphatic rings. The van der Waals surface area contributed by atoms with Crippen LogP contribution in [0.5, 0.6) is 5.75 Å². The first-order valence-corrected chi connectivity index (χ1v) is 6.77. The zero-order valence-corrected chi connectivity index (χ0v) is 11.5. The molecule has 1 heterocycles. The van der Waals surface area contributed by atoms with Crippen LogP contribution in [0.3, 0.4) is 0 Å². The van der Waals surface area contributed by atoms with Crippen molar-refractivity contribution >= 4 is 11.4 Å². The molecule has 0 spiro atoms. The van der Waals surface area contributed by atoms with Gasteiger partial charge >= 0.3 is 0 Å². The Labute approximate surface area is 114 Å². The molecule has 1 aliphatic heterocycles. The second-order valence-electron chi connectivity index (χ2n) is 4.94. The number of aliphatic hydroxyl groups excluding tert-OH is 1. The zero-order valence-electron chi connectivity index (χ0n) is 11.5. The molecule has 0 aliphatic carbocycles. The number of benzene rings is 1. The highest BCUT2D eigenvalue weighted by Gasteiger charge is 2.17. The number of nitrogens with two attached hydrogens (primary N) is 1. The van der Waals surface area contributed by atoms with Gasteiger partial charge < -0.3 is 25.4 Å². The van der Waals surface area contributed by atoms with Gasteiger partial charge in [-0.15, -0.1) is 0 Å². The molecule has 5 nitrogen and oxygen atoms in total. The highest BCUT2D eigenvalue weighted by Crippen LogP contribution is 2.33. The summed E-state index contributed by atoms with van der Waals surface area (Å²) in [6.45, 7) is 4.56. The van der Waals surface area contributed by atoms with Crippen molar-refractivity contribution in [2.45, 2.75) is 6.42 Å². The third-order valence-corrected chi connectivity index (χ3v) is 3.39. The zero-order chi connectivity index (χ0) is 13.7. The minimum atomic E-state index is 0.218. The van der Waals surface area contributed by atoms with E-state index in [-0.39, 0.29) is 6.61 Å². The predicted octanol–water partition coefficient (Wildman–Crippen LogP) is 0.782. The second kappa shape index (κ2) is 6.63. The summed E-state index contributed by atoms with van der Waals surface area (Å²) in [5, 5.41) is 8.86. The van der Waals surface area contributed by atoms with E-state index in [2.05, 4.69) is 9.80 Å². The van der Waals surface area contributed by atoms with Gasteiger partial charge in [0.2, 0.25) is 0 Å². The fourth-order valence-corrected chi connectivity index (χ4v) is 2.34. The topological polar surface area (TPSA) is 62.0 Å². The van der Waals surface area contributed by atoms with E-state index in [4.69, 9.17) is 15.6 Å². The lowest BCUT2D eigenvalue weighted by Crippen LogP contribution is -2.35. The third kappa shape index (κ3) is 3.75. The smallest absolute Gasteiger partial charge is 0.144 e. The number of rotatable bonds is 6. The standard InChI is InChI=1S/C14H23N3O2/c1-16(7-9-18)5-2-6-17-8-10-19-14-11-12(15)3-4-13(14)17/h3-4,11,18H,2,5-10,15H2,1H3. The monoisotopic (exact) mass is 265 g/mol. The Balaban J connectivity index is 1.89. The first kappa shape index (κ1) is 14.0. The summed E-state index contributed by atoms with van der Waals surface area (Å²) in [7, 11) is 2.03. The number of likely N-dealkylation sites (N-methyl/N-ethyl adjacent to an activating group) is 1. The minimum absolute atomic E-state index is 0.218. The maximum atomic E-state index is 8.86. The number of hydrogen-bond acceptors (Lipinski definition) is 5. The van der Waals surface area contributed by atoms with Crippen LogP contribution in [0, 0.1) is 0 Å². The van der Waals surface area contributed by atoms with E-state index in [1.54, 1.807) is 0 Å². The number of nitrogen functional groups attached to an aromatic ring is 1. The van der Waals surface area contributed by atoms with Gasteiger partial charge in [-0.25, -0.2) is 0 Å². The summed E-state index contributed by atoms with van der Waals surface area (Å²) >= 11 is 0. The number of anilines is 2. The fraction of sp³-hybridized carbons (Fsp3) is 0.571. The number of hydrogen-bond donors (Lipinski definition) is 2. The third-order valence-electron chi connectivity index (χ3n) is 3.39. The Morgan fingerprint density at radius 3 is 3.05 bits per heavy atom. The van der Waals surface area contributed by atoms with Crippen molar-refractivity contribution in [3.8, 4) is 5.75 Å². The van der Waals surface area contributed by atoms with Gasteiger partial charge in [-0.2, -0.15) is 0 Å². The van der Waals surface area contributed by atoms with Gasteiger partial charge in [-0.3, -0.25) is 0 Å². The molecule has 0 fully saturated rings. The van der Waals surface area contributed by atoms with Gasteiger partial charge in [0.05, 0.1) is 18.8 Å². The van der Waals surface area contributed by atoms with Crippen LogP contribution in [0.2, 0.25) is 0 Å². The van der Waals surface area contributed by atoms with Crippen LogP contribution in [0.4, 0.5) is 11.4 Å². The van der Waals surface area contributed by atoms with Crippen molar-refractivity contribution < 1.29 is 9.84 Å². The molecule has 0 saturated carbocycles. The first-order valence-electron chi connectivity index (χ1n) is 6.77. The number of ether oxygens (including phenoxy) is 1. The number of fused-ring (bicyclic) bond motifs is 1. The lowest BCUT2D eigenvalue weighted by atomic mass is 10.2. The molecule has 3 N–H and O–H groups in total. The van der Waals surface area contributed by atoms with Gasteiger partial charge in [0.25, 0.3) is 0 Å². The molecule has 5 heteroatoms. The molecule has 2 rings (SSSR count). The SMILES string of the molecule is CN(CCO)CCCN1CCOc2cc(N)ccc21. The Kier molecular flexibility index (Phi) is 4.87. The average molecular weight is 265 g/mol. The van der Waals surface area contributed by atoms with Crippen LogP contribution in [0.15, 0.2) is 18.2 Å². The molecular weight excluding hydrogens is 242 g/mol. The molecule has 1 aromatic rings. The van der Waals surface area contributed by atoms with E-state index in [1.807, 2.05) is 25.2 Å². The van der Waals surface area contributed by atoms with E-state index < -0.39 is 0 Å². The van der Waals surface area contributed by atoms with Gasteiger partial charge in [0.15, 0.2) is 0 Å². The molecule has 0 saturated heterocycles. The van der Waals surface area contributed by atoms with Gasteiger partial charge in [0.1, 0.15) is 12.4 Å². The van der Waals surface area contributed by atoms with Gasteiger partial charge in [-0.1, -0.05) is 0 Å². The number of aliphatic hydroxyl groups is 1. The van der Waals surface area contributed by atoms with Crippen LogP contribution >= 0.6 is 0 Å². The van der Waals surface area contributed by atoms with Crippen LogP contribution in [-0.2, 0) is 0 Å². The minimum Gasteiger partial charge on any atom is -0.489 e. The van der Waals surface area contributed by atoms with Crippen molar-refractivity contribution in [2.24, 2.45) is 0 Å². The summed E-state index contributed by atoms with van der Waals surface area (Å²) in [6, 6.07) is 5.83. The Bertz CT molecular complexity index is 412. The van der Waals surface area contributed by atoms with E-state index in [1.165, 1.54) is 0 Å². The number of nitrogens with zero attached hydrogens (tertiary/aromatic N) is 2. The highest BCUT2D eigenvalue weighted by atomic mass is 16.5. The van der Waals surface area contributed by atoms with Crippen LogP contribution in [0.1, 0.15) is 6.42 Å². The highest BCUT2D eigenvalue weighted by molar-refractivity contribution is 5.64. The average Bonchev–Trinajstić information content (AvgIpc) is 2.39. The fourth-order valence-electron chi connectivity index (χ4n) is 2.34. The van der Waals surface area contributed by atoms with E-state index in [9.17, 15) is 0 Å². The van der Waals surface area contributed by atoms with E-state index in [0.29, 0.717) is 6.61 Å². The normalized spacial score (nSPS) is 14.4. The second-order valence-corrected chi connectivity index (χ2v) is 4.94. The van der Waals surface area contributed by atoms with Crippen molar-refractivity contribution in [3.05, 3.63) is 18.2 Å². The quantitative estimate of drug-likeness (QED) is 0.744. The van der Waals surface area contributed by atoms with Crippen LogP contribution in [-0.4, -0.2) is 56.4 Å². The van der Waals surface area contributed by atoms with E-state index in [0.717, 1.165) is 49.7 Å². The summed E-state index contributed by atoms with van der Waals surface area (Å²) in [6.07, 6.45) is 1.07. The van der Waals surface area contributed by atoms with E-state index >= 15 is 0 Å².